The van der Waals surface area contributed by atoms with Crippen molar-refractivity contribution >= 4 is 27.5 Å². The van der Waals surface area contributed by atoms with Crippen molar-refractivity contribution in [3.63, 3.8) is 0 Å². The zero-order valence-corrected chi connectivity index (χ0v) is 25.2. The second-order valence-electron chi connectivity index (χ2n) is 11.0. The molecule has 0 fully saturated rings. The molecule has 41 heavy (non-hydrogen) atoms. The highest BCUT2D eigenvalue weighted by atomic mass is 32.2. The van der Waals surface area contributed by atoms with E-state index >= 15 is 0 Å². The Bertz CT molecular complexity index is 1390. The van der Waals surface area contributed by atoms with Gasteiger partial charge >= 0.3 is 0 Å². The molecule has 0 heterocycles. The number of carbonyl (C=O) groups excluding carboxylic acids is 2. The predicted octanol–water partition coefficient (Wildman–Crippen LogP) is 5.13. The molecule has 220 valence electrons. The standard InChI is InChI=1S/C32H40FN3O4S/c1-23(2)20-34-32(38)30(19-25-9-7-6-8-10-25)35(21-26-11-15-28(33)16-12-26)31(37)22-36(41(5,39)40)29-17-13-27(14-18-29)24(3)4/h6-18,23-24,30H,19-22H2,1-5H3,(H,34,38)/t30-/m1/s1. The summed E-state index contributed by atoms with van der Waals surface area (Å²) in [6.07, 6.45) is 1.28. The van der Waals surface area contributed by atoms with Gasteiger partial charge in [-0.25, -0.2) is 12.8 Å². The zero-order valence-electron chi connectivity index (χ0n) is 24.4. The van der Waals surface area contributed by atoms with Crippen LogP contribution in [0.2, 0.25) is 0 Å². The molecule has 0 aliphatic carbocycles. The fourth-order valence-corrected chi connectivity index (χ4v) is 5.25. The number of carbonyl (C=O) groups is 2. The van der Waals surface area contributed by atoms with Gasteiger partial charge in [-0.05, 0) is 52.8 Å². The van der Waals surface area contributed by atoms with Gasteiger partial charge in [0, 0.05) is 19.5 Å². The summed E-state index contributed by atoms with van der Waals surface area (Å²) in [5, 5.41) is 2.94. The number of amides is 2. The summed E-state index contributed by atoms with van der Waals surface area (Å²) in [5.74, 6) is -0.868. The van der Waals surface area contributed by atoms with Gasteiger partial charge < -0.3 is 10.2 Å². The van der Waals surface area contributed by atoms with Gasteiger partial charge in [0.15, 0.2) is 0 Å². The minimum absolute atomic E-state index is 0.00436. The minimum atomic E-state index is -3.85. The first-order valence-corrected chi connectivity index (χ1v) is 15.6. The van der Waals surface area contributed by atoms with Gasteiger partial charge in [-0.2, -0.15) is 0 Å². The lowest BCUT2D eigenvalue weighted by atomic mass is 10.0. The summed E-state index contributed by atoms with van der Waals surface area (Å²) in [6, 6.07) is 21.2. The van der Waals surface area contributed by atoms with Gasteiger partial charge in [0.05, 0.1) is 11.9 Å². The molecule has 0 saturated heterocycles. The Labute approximate surface area is 243 Å². The lowest BCUT2D eigenvalue weighted by Crippen LogP contribution is -2.53. The van der Waals surface area contributed by atoms with Gasteiger partial charge in [0.1, 0.15) is 18.4 Å². The number of anilines is 1. The van der Waals surface area contributed by atoms with Crippen molar-refractivity contribution in [1.82, 2.24) is 10.2 Å². The molecule has 0 spiro atoms. The van der Waals surface area contributed by atoms with E-state index in [4.69, 9.17) is 0 Å². The van der Waals surface area contributed by atoms with Crippen molar-refractivity contribution < 1.29 is 22.4 Å². The van der Waals surface area contributed by atoms with Crippen molar-refractivity contribution in [2.75, 3.05) is 23.7 Å². The molecule has 0 aliphatic rings. The summed E-state index contributed by atoms with van der Waals surface area (Å²) in [6.45, 7) is 7.94. The normalized spacial score (nSPS) is 12.3. The van der Waals surface area contributed by atoms with Crippen LogP contribution in [0.25, 0.3) is 0 Å². The first-order valence-electron chi connectivity index (χ1n) is 13.8. The summed E-state index contributed by atoms with van der Waals surface area (Å²) in [7, 11) is -3.85. The maximum Gasteiger partial charge on any atom is 0.244 e. The van der Waals surface area contributed by atoms with E-state index in [1.165, 1.54) is 17.0 Å². The van der Waals surface area contributed by atoms with Crippen molar-refractivity contribution in [2.24, 2.45) is 5.92 Å². The van der Waals surface area contributed by atoms with E-state index < -0.39 is 34.3 Å². The van der Waals surface area contributed by atoms with E-state index in [0.29, 0.717) is 17.8 Å². The van der Waals surface area contributed by atoms with Crippen molar-refractivity contribution in [2.45, 2.75) is 52.6 Å². The van der Waals surface area contributed by atoms with Crippen LogP contribution in [0.1, 0.15) is 50.3 Å². The van der Waals surface area contributed by atoms with Crippen LogP contribution in [0.15, 0.2) is 78.9 Å². The fraction of sp³-hybridized carbons (Fsp3) is 0.375. The molecular formula is C32H40FN3O4S. The summed E-state index contributed by atoms with van der Waals surface area (Å²) in [5.41, 5.74) is 2.85. The molecule has 0 bridgehead atoms. The predicted molar refractivity (Wildman–Crippen MR) is 161 cm³/mol. The lowest BCUT2D eigenvalue weighted by Gasteiger charge is -2.33. The smallest absolute Gasteiger partial charge is 0.244 e. The third kappa shape index (κ3) is 9.42. The zero-order chi connectivity index (χ0) is 30.2. The Morgan fingerprint density at radius 2 is 1.46 bits per heavy atom. The number of hydrogen-bond donors (Lipinski definition) is 1. The third-order valence-electron chi connectivity index (χ3n) is 6.75. The number of nitrogens with one attached hydrogen (secondary N) is 1. The molecule has 3 rings (SSSR count). The second kappa shape index (κ2) is 14.3. The quantitative estimate of drug-likeness (QED) is 0.303. The number of benzene rings is 3. The lowest BCUT2D eigenvalue weighted by molar-refractivity contribution is -0.140. The largest absolute Gasteiger partial charge is 0.354 e. The van der Waals surface area contributed by atoms with Crippen LogP contribution in [0.5, 0.6) is 0 Å². The summed E-state index contributed by atoms with van der Waals surface area (Å²) < 4.78 is 40.6. The average molecular weight is 582 g/mol. The first-order chi connectivity index (χ1) is 19.3. The van der Waals surface area contributed by atoms with Crippen LogP contribution in [-0.2, 0) is 32.6 Å². The molecule has 1 atom stereocenters. The van der Waals surface area contributed by atoms with E-state index in [9.17, 15) is 22.4 Å². The molecule has 0 unspecified atom stereocenters. The van der Waals surface area contributed by atoms with Crippen LogP contribution < -0.4 is 9.62 Å². The molecule has 3 aromatic carbocycles. The molecule has 0 radical (unpaired) electrons. The average Bonchev–Trinajstić information content (AvgIpc) is 2.93. The number of rotatable bonds is 13. The maximum atomic E-state index is 14.1. The van der Waals surface area contributed by atoms with E-state index in [2.05, 4.69) is 5.32 Å². The Morgan fingerprint density at radius 1 is 0.854 bits per heavy atom. The SMILES string of the molecule is CC(C)CNC(=O)[C@@H](Cc1ccccc1)N(Cc1ccc(F)cc1)C(=O)CN(c1ccc(C(C)C)cc1)S(C)(=O)=O. The van der Waals surface area contributed by atoms with E-state index in [1.807, 2.05) is 70.2 Å². The van der Waals surface area contributed by atoms with Gasteiger partial charge in [0.2, 0.25) is 21.8 Å². The second-order valence-corrected chi connectivity index (χ2v) is 12.9. The highest BCUT2D eigenvalue weighted by Gasteiger charge is 2.33. The molecule has 0 aromatic heterocycles. The Hall–Kier alpha value is -3.72. The number of nitrogens with zero attached hydrogens (tertiary/aromatic N) is 2. The molecule has 0 saturated carbocycles. The molecule has 0 aliphatic heterocycles. The minimum Gasteiger partial charge on any atom is -0.354 e. The van der Waals surface area contributed by atoms with Crippen LogP contribution in [0, 0.1) is 11.7 Å². The highest BCUT2D eigenvalue weighted by Crippen LogP contribution is 2.23. The molecular weight excluding hydrogens is 541 g/mol. The first kappa shape index (κ1) is 31.8. The van der Waals surface area contributed by atoms with Crippen LogP contribution in [-0.4, -0.2) is 50.5 Å². The van der Waals surface area contributed by atoms with E-state index in [1.54, 1.807) is 24.3 Å². The topological polar surface area (TPSA) is 86.8 Å². The van der Waals surface area contributed by atoms with Crippen LogP contribution in [0.4, 0.5) is 10.1 Å². The van der Waals surface area contributed by atoms with Gasteiger partial charge in [0.25, 0.3) is 0 Å². The monoisotopic (exact) mass is 581 g/mol. The molecule has 2 amide bonds. The highest BCUT2D eigenvalue weighted by molar-refractivity contribution is 7.92. The number of sulfonamides is 1. The Morgan fingerprint density at radius 3 is 2.00 bits per heavy atom. The Balaban J connectivity index is 2.03. The van der Waals surface area contributed by atoms with E-state index in [0.717, 1.165) is 21.7 Å². The number of halogens is 1. The van der Waals surface area contributed by atoms with Gasteiger partial charge in [-0.15, -0.1) is 0 Å². The summed E-state index contributed by atoms with van der Waals surface area (Å²) >= 11 is 0. The van der Waals surface area contributed by atoms with Crippen LogP contribution >= 0.6 is 0 Å². The number of hydrogen-bond acceptors (Lipinski definition) is 4. The van der Waals surface area contributed by atoms with Gasteiger partial charge in [-0.3, -0.25) is 13.9 Å². The maximum absolute atomic E-state index is 14.1. The van der Waals surface area contributed by atoms with Crippen molar-refractivity contribution in [3.8, 4) is 0 Å². The Kier molecular flexibility index (Phi) is 11.1. The van der Waals surface area contributed by atoms with Crippen LogP contribution in [0.3, 0.4) is 0 Å². The molecule has 9 heteroatoms. The third-order valence-corrected chi connectivity index (χ3v) is 7.89. The summed E-state index contributed by atoms with van der Waals surface area (Å²) in [4.78, 5) is 29.1. The molecule has 1 N–H and O–H groups in total. The van der Waals surface area contributed by atoms with E-state index in [-0.39, 0.29) is 30.7 Å². The van der Waals surface area contributed by atoms with Gasteiger partial charge in [-0.1, -0.05) is 82.3 Å². The van der Waals surface area contributed by atoms with Crippen molar-refractivity contribution in [3.05, 3.63) is 101 Å². The molecule has 7 nitrogen and oxygen atoms in total. The molecule has 3 aromatic rings. The van der Waals surface area contributed by atoms with Crippen molar-refractivity contribution in [1.29, 1.82) is 0 Å². The fourth-order valence-electron chi connectivity index (χ4n) is 4.40.